The van der Waals surface area contributed by atoms with Gasteiger partial charge in [0.25, 0.3) is 0 Å². The zero-order valence-electron chi connectivity index (χ0n) is 10.3. The molecule has 0 saturated heterocycles. The normalized spacial score (nSPS) is 13.6. The molecule has 1 rings (SSSR count). The summed E-state index contributed by atoms with van der Waals surface area (Å²) in [7, 11) is 0. The Morgan fingerprint density at radius 2 is 2.17 bits per heavy atom. The van der Waals surface area contributed by atoms with E-state index < -0.39 is 5.54 Å². The van der Waals surface area contributed by atoms with Crippen molar-refractivity contribution in [2.75, 3.05) is 18.1 Å². The van der Waals surface area contributed by atoms with Crippen molar-refractivity contribution in [1.82, 2.24) is 5.32 Å². The van der Waals surface area contributed by atoms with Crippen molar-refractivity contribution >= 4 is 17.7 Å². The zero-order valence-corrected chi connectivity index (χ0v) is 11.2. The highest BCUT2D eigenvalue weighted by molar-refractivity contribution is 8.00. The van der Waals surface area contributed by atoms with Crippen molar-refractivity contribution in [3.8, 4) is 6.07 Å². The van der Waals surface area contributed by atoms with Crippen LogP contribution < -0.4 is 11.1 Å². The van der Waals surface area contributed by atoms with Crippen LogP contribution in [-0.4, -0.2) is 24.0 Å². The molecule has 0 radical (unpaired) electrons. The minimum atomic E-state index is -0.768. The topological polar surface area (TPSA) is 78.9 Å². The fourth-order valence-electron chi connectivity index (χ4n) is 1.70. The molecule has 0 bridgehead atoms. The van der Waals surface area contributed by atoms with Gasteiger partial charge in [0.1, 0.15) is 5.54 Å². The molecular formula is C13H17N3OS. The van der Waals surface area contributed by atoms with Gasteiger partial charge in [0.05, 0.1) is 11.8 Å². The van der Waals surface area contributed by atoms with E-state index in [1.165, 1.54) is 11.8 Å². The van der Waals surface area contributed by atoms with E-state index in [9.17, 15) is 10.1 Å². The lowest BCUT2D eigenvalue weighted by atomic mass is 9.93. The predicted octanol–water partition coefficient (Wildman–Crippen LogP) is 1.23. The Morgan fingerprint density at radius 1 is 1.50 bits per heavy atom. The molecule has 0 aromatic heterocycles. The molecule has 1 aromatic rings. The first-order valence-electron chi connectivity index (χ1n) is 5.72. The van der Waals surface area contributed by atoms with Gasteiger partial charge in [0.2, 0.25) is 5.91 Å². The van der Waals surface area contributed by atoms with Gasteiger partial charge >= 0.3 is 0 Å². The van der Waals surface area contributed by atoms with Crippen LogP contribution in [0.25, 0.3) is 0 Å². The monoisotopic (exact) mass is 263 g/mol. The average molecular weight is 263 g/mol. The minimum absolute atomic E-state index is 0.224. The molecule has 0 heterocycles. The number of nitrogens with two attached hydrogens (primary N) is 1. The number of carbonyl (C=O) groups is 1. The molecule has 1 amide bonds. The van der Waals surface area contributed by atoms with E-state index in [0.29, 0.717) is 12.3 Å². The molecule has 0 aliphatic carbocycles. The Balaban J connectivity index is 2.88. The van der Waals surface area contributed by atoms with Crippen molar-refractivity contribution in [3.63, 3.8) is 0 Å². The molecule has 1 atom stereocenters. The van der Waals surface area contributed by atoms with E-state index in [4.69, 9.17) is 5.73 Å². The quantitative estimate of drug-likeness (QED) is 0.775. The number of nitrogens with one attached hydrogen (secondary N) is 1. The summed E-state index contributed by atoms with van der Waals surface area (Å²) in [4.78, 5) is 10.8. The van der Waals surface area contributed by atoms with Gasteiger partial charge in [-0.25, -0.2) is 0 Å². The van der Waals surface area contributed by atoms with Crippen LogP contribution in [0.1, 0.15) is 12.5 Å². The largest absolute Gasteiger partial charge is 0.369 e. The van der Waals surface area contributed by atoms with Gasteiger partial charge in [0, 0.05) is 5.75 Å². The molecule has 4 nitrogen and oxygen atoms in total. The minimum Gasteiger partial charge on any atom is -0.369 e. The molecule has 1 unspecified atom stereocenters. The number of nitrogens with zero attached hydrogens (tertiary/aromatic N) is 1. The molecule has 0 fully saturated rings. The maximum Gasteiger partial charge on any atom is 0.227 e. The van der Waals surface area contributed by atoms with Gasteiger partial charge in [-0.3, -0.25) is 10.1 Å². The molecule has 0 aliphatic heterocycles. The highest BCUT2D eigenvalue weighted by atomic mass is 32.2. The summed E-state index contributed by atoms with van der Waals surface area (Å²) >= 11 is 1.37. The van der Waals surface area contributed by atoms with Crippen LogP contribution in [0.2, 0.25) is 0 Å². The smallest absolute Gasteiger partial charge is 0.227 e. The highest BCUT2D eigenvalue weighted by Gasteiger charge is 2.31. The molecule has 5 heteroatoms. The molecule has 0 saturated carbocycles. The third kappa shape index (κ3) is 3.76. The lowest BCUT2D eigenvalue weighted by Crippen LogP contribution is -2.43. The van der Waals surface area contributed by atoms with E-state index in [0.717, 1.165) is 5.56 Å². The molecule has 1 aromatic carbocycles. The second kappa shape index (κ2) is 7.04. The fourth-order valence-corrected chi connectivity index (χ4v) is 2.64. The molecular weight excluding hydrogens is 246 g/mol. The molecule has 18 heavy (non-hydrogen) atoms. The summed E-state index contributed by atoms with van der Waals surface area (Å²) in [5, 5.41) is 12.7. The summed E-state index contributed by atoms with van der Waals surface area (Å²) in [5.41, 5.74) is 5.25. The van der Waals surface area contributed by atoms with Gasteiger partial charge in [-0.05, 0) is 12.1 Å². The summed E-state index contributed by atoms with van der Waals surface area (Å²) in [6, 6.07) is 11.9. The number of benzene rings is 1. The number of amides is 1. The fraction of sp³-hybridized carbons (Fsp3) is 0.385. The Hall–Kier alpha value is -1.51. The van der Waals surface area contributed by atoms with Crippen LogP contribution in [0, 0.1) is 11.3 Å². The number of primary amides is 1. The number of rotatable bonds is 7. The summed E-state index contributed by atoms with van der Waals surface area (Å²) in [5.74, 6) is 0.350. The lowest BCUT2D eigenvalue weighted by molar-refractivity contribution is -0.115. The van der Waals surface area contributed by atoms with Crippen LogP contribution in [-0.2, 0) is 10.3 Å². The number of carbonyl (C=O) groups excluding carboxylic acids is 1. The SMILES string of the molecule is CCNC(C#N)(CSCC(N)=O)c1ccccc1. The second-order valence-electron chi connectivity index (χ2n) is 3.87. The van der Waals surface area contributed by atoms with Gasteiger partial charge in [-0.1, -0.05) is 37.3 Å². The van der Waals surface area contributed by atoms with E-state index in [2.05, 4.69) is 11.4 Å². The first-order chi connectivity index (χ1) is 8.64. The molecule has 96 valence electrons. The number of nitriles is 1. The zero-order chi connectivity index (χ0) is 13.4. The van der Waals surface area contributed by atoms with Crippen LogP contribution in [0.5, 0.6) is 0 Å². The van der Waals surface area contributed by atoms with Gasteiger partial charge < -0.3 is 5.73 Å². The highest BCUT2D eigenvalue weighted by Crippen LogP contribution is 2.25. The van der Waals surface area contributed by atoms with E-state index in [1.807, 2.05) is 37.3 Å². The maximum absolute atomic E-state index is 10.8. The van der Waals surface area contributed by atoms with Crippen molar-refractivity contribution < 1.29 is 4.79 Å². The predicted molar refractivity (Wildman–Crippen MR) is 73.9 cm³/mol. The van der Waals surface area contributed by atoms with Crippen molar-refractivity contribution in [2.24, 2.45) is 5.73 Å². The standard InChI is InChI=1S/C13H17N3OS/c1-2-16-13(9-14,10-18-8-12(15)17)11-6-4-3-5-7-11/h3-7,16H,2,8,10H2,1H3,(H2,15,17). The van der Waals surface area contributed by atoms with Crippen LogP contribution in [0.3, 0.4) is 0 Å². The van der Waals surface area contributed by atoms with E-state index in [-0.39, 0.29) is 11.7 Å². The summed E-state index contributed by atoms with van der Waals surface area (Å²) in [6.45, 7) is 2.63. The van der Waals surface area contributed by atoms with Crippen molar-refractivity contribution in [3.05, 3.63) is 35.9 Å². The Morgan fingerprint density at radius 3 is 2.67 bits per heavy atom. The van der Waals surface area contributed by atoms with Crippen LogP contribution in [0.15, 0.2) is 30.3 Å². The summed E-state index contributed by atoms with van der Waals surface area (Å²) in [6.07, 6.45) is 0. The third-order valence-corrected chi connectivity index (χ3v) is 3.62. The van der Waals surface area contributed by atoms with E-state index in [1.54, 1.807) is 0 Å². The van der Waals surface area contributed by atoms with Gasteiger partial charge in [-0.15, -0.1) is 11.8 Å². The average Bonchev–Trinajstić information content (AvgIpc) is 2.38. The first kappa shape index (κ1) is 14.6. The summed E-state index contributed by atoms with van der Waals surface area (Å²) < 4.78 is 0. The Kier molecular flexibility index (Phi) is 5.69. The lowest BCUT2D eigenvalue weighted by Gasteiger charge is -2.27. The van der Waals surface area contributed by atoms with Crippen molar-refractivity contribution in [1.29, 1.82) is 5.26 Å². The molecule has 3 N–H and O–H groups in total. The second-order valence-corrected chi connectivity index (χ2v) is 4.86. The van der Waals surface area contributed by atoms with Crippen LogP contribution in [0.4, 0.5) is 0 Å². The van der Waals surface area contributed by atoms with Crippen molar-refractivity contribution in [2.45, 2.75) is 12.5 Å². The molecule has 0 spiro atoms. The number of hydrogen-bond donors (Lipinski definition) is 2. The third-order valence-electron chi connectivity index (χ3n) is 2.50. The maximum atomic E-state index is 10.8. The first-order valence-corrected chi connectivity index (χ1v) is 6.88. The van der Waals surface area contributed by atoms with Gasteiger partial charge in [0.15, 0.2) is 0 Å². The number of hydrogen-bond acceptors (Lipinski definition) is 4. The van der Waals surface area contributed by atoms with Gasteiger partial charge in [-0.2, -0.15) is 5.26 Å². The Bertz CT molecular complexity index is 430. The molecule has 0 aliphatic rings. The number of thioether (sulfide) groups is 1. The Labute approximate surface area is 112 Å². The van der Waals surface area contributed by atoms with Crippen LogP contribution >= 0.6 is 11.8 Å². The van der Waals surface area contributed by atoms with E-state index >= 15 is 0 Å².